The summed E-state index contributed by atoms with van der Waals surface area (Å²) in [7, 11) is 0. The molecule has 0 unspecified atom stereocenters. The maximum Gasteiger partial charge on any atom is 0.272 e. The fraction of sp³-hybridized carbons (Fsp3) is 0.0800. The first-order chi connectivity index (χ1) is 16.0. The van der Waals surface area contributed by atoms with E-state index in [4.69, 9.17) is 0 Å². The second-order valence-corrected chi connectivity index (χ2v) is 7.35. The molecule has 0 spiro atoms. The number of nitrogens with one attached hydrogen (secondary N) is 3. The molecule has 0 saturated carbocycles. The van der Waals surface area contributed by atoms with Crippen molar-refractivity contribution >= 4 is 28.8 Å². The Morgan fingerprint density at radius 1 is 0.939 bits per heavy atom. The summed E-state index contributed by atoms with van der Waals surface area (Å²) in [6.07, 6.45) is 1.53. The first kappa shape index (κ1) is 21.6. The van der Waals surface area contributed by atoms with Gasteiger partial charge in [-0.05, 0) is 36.2 Å². The second kappa shape index (κ2) is 9.69. The number of carbonyl (C=O) groups is 2. The minimum absolute atomic E-state index is 0.207. The van der Waals surface area contributed by atoms with Gasteiger partial charge in [0, 0.05) is 10.9 Å². The number of nitrogens with zero attached hydrogens (tertiary/aromatic N) is 2. The first-order valence-electron chi connectivity index (χ1n) is 10.3. The number of hydrogen-bond donors (Lipinski definition) is 3. The van der Waals surface area contributed by atoms with E-state index in [0.29, 0.717) is 16.3 Å². The number of hydrogen-bond acceptors (Lipinski definition) is 5. The maximum atomic E-state index is 13.1. The molecule has 0 aliphatic heterocycles. The largest absolute Gasteiger partial charge is 0.335 e. The molecule has 4 rings (SSSR count). The van der Waals surface area contributed by atoms with Crippen molar-refractivity contribution in [3.63, 3.8) is 0 Å². The molecule has 0 bridgehead atoms. The van der Waals surface area contributed by atoms with Gasteiger partial charge < -0.3 is 5.32 Å². The molecule has 8 heteroatoms. The van der Waals surface area contributed by atoms with Crippen molar-refractivity contribution in [2.24, 2.45) is 5.10 Å². The standard InChI is InChI=1S/C25H21N5O3/c1-16-9-5-6-12-18(16)15-26-29-25(33)22(27-23(31)17-10-3-2-4-11-17)21-19-13-7-8-14-20(19)24(32)30-28-21/h2-15,22H,1H3,(H,27,31)(H,29,33)(H,30,32)/b26-15+/t22-/m0/s1. The number of fused-ring (bicyclic) bond motifs is 1. The highest BCUT2D eigenvalue weighted by molar-refractivity contribution is 5.99. The quantitative estimate of drug-likeness (QED) is 0.316. The summed E-state index contributed by atoms with van der Waals surface area (Å²) in [5, 5.41) is 14.1. The average molecular weight is 439 g/mol. The Morgan fingerprint density at radius 2 is 1.61 bits per heavy atom. The van der Waals surface area contributed by atoms with E-state index in [1.165, 1.54) is 6.21 Å². The zero-order valence-electron chi connectivity index (χ0n) is 17.8. The van der Waals surface area contributed by atoms with Crippen LogP contribution in [0.2, 0.25) is 0 Å². The van der Waals surface area contributed by atoms with E-state index in [9.17, 15) is 14.4 Å². The van der Waals surface area contributed by atoms with Gasteiger partial charge in [0.2, 0.25) is 0 Å². The molecule has 0 fully saturated rings. The van der Waals surface area contributed by atoms with E-state index >= 15 is 0 Å². The molecule has 0 aliphatic rings. The normalized spacial score (nSPS) is 11.9. The molecular weight excluding hydrogens is 418 g/mol. The maximum absolute atomic E-state index is 13.1. The van der Waals surface area contributed by atoms with Gasteiger partial charge >= 0.3 is 0 Å². The Morgan fingerprint density at radius 3 is 2.36 bits per heavy atom. The second-order valence-electron chi connectivity index (χ2n) is 7.35. The third-order valence-electron chi connectivity index (χ3n) is 5.14. The predicted octanol–water partition coefficient (Wildman–Crippen LogP) is 2.85. The molecule has 1 atom stereocenters. The molecule has 8 nitrogen and oxygen atoms in total. The van der Waals surface area contributed by atoms with Crippen LogP contribution in [0.4, 0.5) is 0 Å². The molecule has 0 saturated heterocycles. The van der Waals surface area contributed by atoms with Crippen molar-refractivity contribution in [3.05, 3.63) is 112 Å². The van der Waals surface area contributed by atoms with Crippen molar-refractivity contribution in [2.75, 3.05) is 0 Å². The summed E-state index contributed by atoms with van der Waals surface area (Å²) in [6, 6.07) is 21.7. The Labute approximate surface area is 189 Å². The number of aromatic nitrogens is 2. The lowest BCUT2D eigenvalue weighted by atomic mass is 10.0. The number of amides is 2. The summed E-state index contributed by atoms with van der Waals surface area (Å²) in [5.74, 6) is -1.07. The summed E-state index contributed by atoms with van der Waals surface area (Å²) >= 11 is 0. The highest BCUT2D eigenvalue weighted by Gasteiger charge is 2.27. The third kappa shape index (κ3) is 4.85. The van der Waals surface area contributed by atoms with Crippen LogP contribution in [0.1, 0.15) is 33.2 Å². The third-order valence-corrected chi connectivity index (χ3v) is 5.14. The number of rotatable bonds is 6. The monoisotopic (exact) mass is 439 g/mol. The van der Waals surface area contributed by atoms with Crippen molar-refractivity contribution in [3.8, 4) is 0 Å². The van der Waals surface area contributed by atoms with E-state index in [0.717, 1.165) is 11.1 Å². The van der Waals surface area contributed by atoms with Crippen LogP contribution in [0.3, 0.4) is 0 Å². The molecule has 33 heavy (non-hydrogen) atoms. The van der Waals surface area contributed by atoms with E-state index in [-0.39, 0.29) is 11.3 Å². The molecule has 0 aliphatic carbocycles. The van der Waals surface area contributed by atoms with Crippen molar-refractivity contribution in [2.45, 2.75) is 13.0 Å². The van der Waals surface area contributed by atoms with Gasteiger partial charge in [-0.3, -0.25) is 14.4 Å². The van der Waals surface area contributed by atoms with E-state index in [1.54, 1.807) is 54.6 Å². The highest BCUT2D eigenvalue weighted by Crippen LogP contribution is 2.20. The number of benzene rings is 3. The first-order valence-corrected chi connectivity index (χ1v) is 10.3. The topological polar surface area (TPSA) is 116 Å². The lowest BCUT2D eigenvalue weighted by Gasteiger charge is -2.18. The summed E-state index contributed by atoms with van der Waals surface area (Å²) in [5.41, 5.74) is 4.52. The number of carbonyl (C=O) groups excluding carboxylic acids is 2. The zero-order chi connectivity index (χ0) is 23.2. The molecule has 2 amide bonds. The van der Waals surface area contributed by atoms with Gasteiger partial charge in [-0.2, -0.15) is 10.2 Å². The van der Waals surface area contributed by atoms with Crippen LogP contribution < -0.4 is 16.3 Å². The lowest BCUT2D eigenvalue weighted by Crippen LogP contribution is -2.40. The van der Waals surface area contributed by atoms with Crippen LogP contribution in [0.15, 0.2) is 88.8 Å². The van der Waals surface area contributed by atoms with Crippen LogP contribution in [-0.4, -0.2) is 28.2 Å². The van der Waals surface area contributed by atoms with E-state index in [2.05, 4.69) is 26.0 Å². The van der Waals surface area contributed by atoms with Gasteiger partial charge in [-0.15, -0.1) is 0 Å². The van der Waals surface area contributed by atoms with Gasteiger partial charge in [-0.25, -0.2) is 10.5 Å². The smallest absolute Gasteiger partial charge is 0.272 e. The van der Waals surface area contributed by atoms with Crippen molar-refractivity contribution in [1.82, 2.24) is 20.9 Å². The molecule has 0 radical (unpaired) electrons. The molecule has 1 heterocycles. The van der Waals surface area contributed by atoms with Crippen LogP contribution in [0, 0.1) is 6.92 Å². The van der Waals surface area contributed by atoms with Gasteiger partial charge in [0.25, 0.3) is 17.4 Å². The molecule has 3 N–H and O–H groups in total. The van der Waals surface area contributed by atoms with E-state index in [1.807, 2.05) is 31.2 Å². The van der Waals surface area contributed by atoms with Gasteiger partial charge in [0.15, 0.2) is 6.04 Å². The SMILES string of the molecule is Cc1ccccc1/C=N/NC(=O)[C@@H](NC(=O)c1ccccc1)c1n[nH]c(=O)c2ccccc12. The highest BCUT2D eigenvalue weighted by atomic mass is 16.2. The van der Waals surface area contributed by atoms with Crippen LogP contribution in [-0.2, 0) is 4.79 Å². The molecule has 3 aromatic carbocycles. The number of hydrazone groups is 1. The molecular formula is C25H21N5O3. The van der Waals surface area contributed by atoms with Gasteiger partial charge in [-0.1, -0.05) is 60.7 Å². The minimum atomic E-state index is -1.20. The Bertz CT molecular complexity index is 1400. The van der Waals surface area contributed by atoms with E-state index < -0.39 is 17.9 Å². The molecule has 1 aromatic heterocycles. The van der Waals surface area contributed by atoms with Crippen LogP contribution in [0.25, 0.3) is 10.8 Å². The molecule has 4 aromatic rings. The number of aromatic amines is 1. The van der Waals surface area contributed by atoms with Crippen molar-refractivity contribution in [1.29, 1.82) is 0 Å². The van der Waals surface area contributed by atoms with Crippen molar-refractivity contribution < 1.29 is 9.59 Å². The minimum Gasteiger partial charge on any atom is -0.335 e. The van der Waals surface area contributed by atoms with Crippen LogP contribution >= 0.6 is 0 Å². The van der Waals surface area contributed by atoms with Gasteiger partial charge in [0.1, 0.15) is 5.69 Å². The van der Waals surface area contributed by atoms with Gasteiger partial charge in [0.05, 0.1) is 11.6 Å². The zero-order valence-corrected chi connectivity index (χ0v) is 17.8. The fourth-order valence-corrected chi connectivity index (χ4v) is 3.38. The lowest BCUT2D eigenvalue weighted by molar-refractivity contribution is -0.123. The summed E-state index contributed by atoms with van der Waals surface area (Å²) < 4.78 is 0. The summed E-state index contributed by atoms with van der Waals surface area (Å²) in [4.78, 5) is 38.2. The average Bonchev–Trinajstić information content (AvgIpc) is 2.85. The Balaban J connectivity index is 1.68. The number of H-pyrrole nitrogens is 1. The van der Waals surface area contributed by atoms with Crippen LogP contribution in [0.5, 0.6) is 0 Å². The fourth-order valence-electron chi connectivity index (χ4n) is 3.38. The Kier molecular flexibility index (Phi) is 6.36. The summed E-state index contributed by atoms with van der Waals surface area (Å²) in [6.45, 7) is 1.93. The Hall–Kier alpha value is -4.59. The molecule has 164 valence electrons. The predicted molar refractivity (Wildman–Crippen MR) is 126 cm³/mol. The number of aryl methyl sites for hydroxylation is 1.